The van der Waals surface area contributed by atoms with Gasteiger partial charge < -0.3 is 9.72 Å². The molecule has 1 aromatic heterocycles. The number of hydrogen-bond donors (Lipinski definition) is 1. The summed E-state index contributed by atoms with van der Waals surface area (Å²) in [4.78, 5) is 6.95. The zero-order valence-corrected chi connectivity index (χ0v) is 10.7. The number of H-pyrrole nitrogens is 1. The van der Waals surface area contributed by atoms with Crippen LogP contribution < -0.4 is 4.74 Å². The Bertz CT molecular complexity index is 593. The lowest BCUT2D eigenvalue weighted by atomic mass is 9.98. The van der Waals surface area contributed by atoms with Crippen molar-refractivity contribution in [2.24, 2.45) is 0 Å². The van der Waals surface area contributed by atoms with Crippen molar-refractivity contribution >= 4 is 0 Å². The summed E-state index contributed by atoms with van der Waals surface area (Å²) in [5, 5.41) is 8.76. The predicted octanol–water partition coefficient (Wildman–Crippen LogP) is 3.08. The van der Waals surface area contributed by atoms with E-state index in [4.69, 9.17) is 10.00 Å². The van der Waals surface area contributed by atoms with Gasteiger partial charge in [0.05, 0.1) is 19.0 Å². The maximum atomic E-state index is 8.76. The van der Waals surface area contributed by atoms with Crippen molar-refractivity contribution in [3.8, 4) is 23.1 Å². The monoisotopic (exact) mass is 241 g/mol. The third-order valence-electron chi connectivity index (χ3n) is 2.84. The second-order valence-electron chi connectivity index (χ2n) is 4.37. The molecule has 2 rings (SSSR count). The van der Waals surface area contributed by atoms with Crippen LogP contribution in [0.4, 0.5) is 0 Å². The third kappa shape index (κ3) is 2.21. The molecule has 0 fully saturated rings. The number of ether oxygens (including phenoxy) is 1. The molecule has 4 heteroatoms. The van der Waals surface area contributed by atoms with E-state index in [0.29, 0.717) is 11.7 Å². The fraction of sp³-hybridized carbons (Fsp3) is 0.286. The van der Waals surface area contributed by atoms with Crippen molar-refractivity contribution < 1.29 is 4.74 Å². The van der Waals surface area contributed by atoms with Crippen LogP contribution in [0, 0.1) is 11.3 Å². The molecule has 0 aliphatic heterocycles. The van der Waals surface area contributed by atoms with Crippen LogP contribution >= 0.6 is 0 Å². The molecule has 0 spiro atoms. The molecule has 0 radical (unpaired) electrons. The Morgan fingerprint density at radius 2 is 2.17 bits per heavy atom. The third-order valence-corrected chi connectivity index (χ3v) is 2.84. The molecule has 0 unspecified atom stereocenters. The average molecular weight is 241 g/mol. The van der Waals surface area contributed by atoms with Gasteiger partial charge in [-0.2, -0.15) is 5.26 Å². The van der Waals surface area contributed by atoms with Gasteiger partial charge in [-0.15, -0.1) is 0 Å². The molecule has 92 valence electrons. The van der Waals surface area contributed by atoms with Crippen LogP contribution in [0.5, 0.6) is 5.75 Å². The number of aromatic amines is 1. The molecule has 1 aromatic carbocycles. The quantitative estimate of drug-likeness (QED) is 0.898. The number of imidazole rings is 1. The minimum absolute atomic E-state index is 0.326. The highest BCUT2D eigenvalue weighted by Gasteiger charge is 2.10. The Balaban J connectivity index is 2.46. The first kappa shape index (κ1) is 12.2. The van der Waals surface area contributed by atoms with E-state index in [0.717, 1.165) is 22.6 Å². The Morgan fingerprint density at radius 3 is 2.72 bits per heavy atom. The van der Waals surface area contributed by atoms with Crippen LogP contribution in [0.1, 0.15) is 31.2 Å². The first-order chi connectivity index (χ1) is 8.65. The Morgan fingerprint density at radius 1 is 1.39 bits per heavy atom. The summed E-state index contributed by atoms with van der Waals surface area (Å²) in [5.74, 6) is 1.58. The van der Waals surface area contributed by atoms with Gasteiger partial charge in [-0.25, -0.2) is 4.98 Å². The lowest BCUT2D eigenvalue weighted by molar-refractivity contribution is 0.407. The number of benzene rings is 1. The number of methoxy groups -OCH3 is 1. The fourth-order valence-corrected chi connectivity index (χ4v) is 1.88. The van der Waals surface area contributed by atoms with Gasteiger partial charge in [0.25, 0.3) is 0 Å². The fourth-order valence-electron chi connectivity index (χ4n) is 1.88. The topological polar surface area (TPSA) is 61.7 Å². The Labute approximate surface area is 106 Å². The van der Waals surface area contributed by atoms with E-state index in [1.807, 2.05) is 18.2 Å². The molecule has 2 aromatic rings. The molecule has 0 aliphatic carbocycles. The van der Waals surface area contributed by atoms with E-state index in [1.54, 1.807) is 13.3 Å². The number of nitrogens with zero attached hydrogens (tertiary/aromatic N) is 2. The van der Waals surface area contributed by atoms with Gasteiger partial charge >= 0.3 is 0 Å². The minimum atomic E-state index is 0.326. The second-order valence-corrected chi connectivity index (χ2v) is 4.37. The molecule has 18 heavy (non-hydrogen) atoms. The average Bonchev–Trinajstić information content (AvgIpc) is 2.86. The van der Waals surface area contributed by atoms with Crippen molar-refractivity contribution in [2.75, 3.05) is 7.11 Å². The van der Waals surface area contributed by atoms with E-state index in [-0.39, 0.29) is 0 Å². The zero-order valence-electron chi connectivity index (χ0n) is 10.7. The molecule has 0 saturated heterocycles. The predicted molar refractivity (Wildman–Crippen MR) is 69.4 cm³/mol. The number of aromatic nitrogens is 2. The number of nitrogens with one attached hydrogen (secondary N) is 1. The van der Waals surface area contributed by atoms with E-state index >= 15 is 0 Å². The highest BCUT2D eigenvalue weighted by molar-refractivity contribution is 5.62. The standard InChI is InChI=1S/C14H15N3O/c1-9(2)11-6-10(4-5-13(11)18-3)12-8-16-14(7-15)17-12/h4-6,8-9H,1-3H3,(H,16,17). The highest BCUT2D eigenvalue weighted by Crippen LogP contribution is 2.30. The highest BCUT2D eigenvalue weighted by atomic mass is 16.5. The van der Waals surface area contributed by atoms with Gasteiger partial charge in [0.2, 0.25) is 5.82 Å². The molecule has 1 heterocycles. The normalized spacial score (nSPS) is 10.4. The molecule has 4 nitrogen and oxygen atoms in total. The lowest BCUT2D eigenvalue weighted by Gasteiger charge is -2.12. The lowest BCUT2D eigenvalue weighted by Crippen LogP contribution is -1.95. The van der Waals surface area contributed by atoms with Crippen molar-refractivity contribution in [1.82, 2.24) is 9.97 Å². The first-order valence-electron chi connectivity index (χ1n) is 5.79. The molecular formula is C14H15N3O. The summed E-state index contributed by atoms with van der Waals surface area (Å²) >= 11 is 0. The van der Waals surface area contributed by atoms with E-state index < -0.39 is 0 Å². The summed E-state index contributed by atoms with van der Waals surface area (Å²) < 4.78 is 5.35. The summed E-state index contributed by atoms with van der Waals surface area (Å²) in [6.45, 7) is 4.24. The Kier molecular flexibility index (Phi) is 3.33. The van der Waals surface area contributed by atoms with Crippen LogP contribution in [-0.4, -0.2) is 17.1 Å². The molecular weight excluding hydrogens is 226 g/mol. The van der Waals surface area contributed by atoms with Gasteiger partial charge in [0.1, 0.15) is 11.8 Å². The summed E-state index contributed by atoms with van der Waals surface area (Å²) in [6.07, 6.45) is 1.67. The van der Waals surface area contributed by atoms with Crippen LogP contribution in [0.2, 0.25) is 0 Å². The van der Waals surface area contributed by atoms with Gasteiger partial charge in [-0.3, -0.25) is 0 Å². The first-order valence-corrected chi connectivity index (χ1v) is 5.79. The number of hydrogen-bond acceptors (Lipinski definition) is 3. The molecule has 0 aliphatic rings. The van der Waals surface area contributed by atoms with E-state index in [9.17, 15) is 0 Å². The minimum Gasteiger partial charge on any atom is -0.496 e. The van der Waals surface area contributed by atoms with E-state index in [2.05, 4.69) is 29.9 Å². The molecule has 0 saturated carbocycles. The summed E-state index contributed by atoms with van der Waals surface area (Å²) in [6, 6.07) is 7.95. The summed E-state index contributed by atoms with van der Waals surface area (Å²) in [5.41, 5.74) is 2.99. The molecule has 0 atom stereocenters. The van der Waals surface area contributed by atoms with Crippen LogP contribution in [0.15, 0.2) is 24.4 Å². The summed E-state index contributed by atoms with van der Waals surface area (Å²) in [7, 11) is 1.67. The largest absolute Gasteiger partial charge is 0.496 e. The van der Waals surface area contributed by atoms with Crippen molar-refractivity contribution in [3.63, 3.8) is 0 Å². The molecule has 1 N–H and O–H groups in total. The molecule has 0 bridgehead atoms. The van der Waals surface area contributed by atoms with Gasteiger partial charge in [0, 0.05) is 5.56 Å². The van der Waals surface area contributed by atoms with E-state index in [1.165, 1.54) is 0 Å². The maximum Gasteiger partial charge on any atom is 0.210 e. The van der Waals surface area contributed by atoms with Crippen LogP contribution in [0.3, 0.4) is 0 Å². The number of rotatable bonds is 3. The number of nitriles is 1. The smallest absolute Gasteiger partial charge is 0.210 e. The van der Waals surface area contributed by atoms with Gasteiger partial charge in [-0.05, 0) is 29.7 Å². The Hall–Kier alpha value is -2.28. The van der Waals surface area contributed by atoms with Crippen molar-refractivity contribution in [2.45, 2.75) is 19.8 Å². The van der Waals surface area contributed by atoms with Gasteiger partial charge in [0.15, 0.2) is 0 Å². The SMILES string of the molecule is COc1ccc(-c2cnc(C#N)[nH]2)cc1C(C)C. The van der Waals surface area contributed by atoms with Crippen molar-refractivity contribution in [1.29, 1.82) is 5.26 Å². The zero-order chi connectivity index (χ0) is 13.1. The maximum absolute atomic E-state index is 8.76. The van der Waals surface area contributed by atoms with Crippen molar-refractivity contribution in [3.05, 3.63) is 35.8 Å². The molecule has 0 amide bonds. The van der Waals surface area contributed by atoms with Crippen LogP contribution in [0.25, 0.3) is 11.3 Å². The van der Waals surface area contributed by atoms with Gasteiger partial charge in [-0.1, -0.05) is 13.8 Å². The second kappa shape index (κ2) is 4.92. The van der Waals surface area contributed by atoms with Crippen LogP contribution in [-0.2, 0) is 0 Å².